The summed E-state index contributed by atoms with van der Waals surface area (Å²) >= 11 is 7.69. The topological polar surface area (TPSA) is 0 Å². The zero-order valence-electron chi connectivity index (χ0n) is 4.70. The van der Waals surface area contributed by atoms with E-state index in [2.05, 4.69) is 16.0 Å². The summed E-state index contributed by atoms with van der Waals surface area (Å²) in [6.07, 6.45) is 0. The van der Waals surface area contributed by atoms with Crippen LogP contribution in [0.4, 0.5) is 0 Å². The van der Waals surface area contributed by atoms with Crippen LogP contribution in [0, 0.1) is 0 Å². The molecule has 0 saturated carbocycles. The molecule has 1 radical (unpaired) electrons. The Morgan fingerprint density at radius 1 is 1.22 bits per heavy atom. The van der Waals surface area contributed by atoms with E-state index in [1.165, 1.54) is 0 Å². The SMILES string of the molecule is S=C([Se])c1ccccc1. The van der Waals surface area contributed by atoms with Gasteiger partial charge in [0.25, 0.3) is 0 Å². The van der Waals surface area contributed by atoms with Gasteiger partial charge in [0, 0.05) is 0 Å². The van der Waals surface area contributed by atoms with Crippen LogP contribution < -0.4 is 0 Å². The summed E-state index contributed by atoms with van der Waals surface area (Å²) in [5, 5.41) is 0. The van der Waals surface area contributed by atoms with E-state index in [0.29, 0.717) is 0 Å². The third-order valence-electron chi connectivity index (χ3n) is 1.01. The van der Waals surface area contributed by atoms with Crippen LogP contribution in [0.15, 0.2) is 30.3 Å². The van der Waals surface area contributed by atoms with Crippen LogP contribution in [0.3, 0.4) is 0 Å². The Kier molecular flexibility index (Phi) is 2.40. The summed E-state index contributed by atoms with van der Waals surface area (Å²) < 4.78 is 0.829. The Balaban J connectivity index is 2.98. The van der Waals surface area contributed by atoms with Crippen LogP contribution in [0.1, 0.15) is 5.56 Å². The van der Waals surface area contributed by atoms with Gasteiger partial charge in [-0.2, -0.15) is 0 Å². The van der Waals surface area contributed by atoms with Crippen LogP contribution in [0.25, 0.3) is 0 Å². The zero-order chi connectivity index (χ0) is 6.69. The third-order valence-corrected chi connectivity index (χ3v) is 1.74. The first-order chi connectivity index (χ1) is 4.30. The minimum atomic E-state index is 0.829. The summed E-state index contributed by atoms with van der Waals surface area (Å²) in [5.74, 6) is 0. The molecule has 2 heteroatoms. The van der Waals surface area contributed by atoms with Crippen LogP contribution in [0.2, 0.25) is 0 Å². The second-order valence-electron chi connectivity index (χ2n) is 1.65. The molecule has 0 aliphatic heterocycles. The number of thiocarbonyl (C=S) groups is 1. The molecule has 0 aliphatic carbocycles. The van der Waals surface area contributed by atoms with Gasteiger partial charge in [0.2, 0.25) is 0 Å². The number of hydrogen-bond acceptors (Lipinski definition) is 1. The van der Waals surface area contributed by atoms with Gasteiger partial charge >= 0.3 is 67.9 Å². The second-order valence-corrected chi connectivity index (χ2v) is 3.50. The predicted molar refractivity (Wildman–Crippen MR) is 43.9 cm³/mol. The Bertz CT molecular complexity index is 205. The molecule has 1 aromatic rings. The van der Waals surface area contributed by atoms with Gasteiger partial charge in [-0.25, -0.2) is 0 Å². The summed E-state index contributed by atoms with van der Waals surface area (Å²) in [4.78, 5) is 0. The Labute approximate surface area is 68.1 Å². The van der Waals surface area contributed by atoms with E-state index in [1.807, 2.05) is 30.3 Å². The van der Waals surface area contributed by atoms with Gasteiger partial charge in [-0.1, -0.05) is 0 Å². The molecule has 0 atom stereocenters. The standard InChI is InChI=1S/C7H5SSe/c8-7(9)6-4-2-1-3-5-6/h1-5H. The minimum absolute atomic E-state index is 0.829. The molecular formula is C7H5SSe. The first-order valence-corrected chi connectivity index (χ1v) is 3.83. The Morgan fingerprint density at radius 2 is 1.78 bits per heavy atom. The molecule has 0 N–H and O–H groups in total. The fraction of sp³-hybridized carbons (Fsp3) is 0. The molecule has 1 rings (SSSR count). The number of rotatable bonds is 1. The van der Waals surface area contributed by atoms with Gasteiger partial charge in [-0.15, -0.1) is 0 Å². The van der Waals surface area contributed by atoms with Gasteiger partial charge in [-0.3, -0.25) is 0 Å². The maximum absolute atomic E-state index is 4.91. The van der Waals surface area contributed by atoms with E-state index in [0.717, 1.165) is 9.33 Å². The summed E-state index contributed by atoms with van der Waals surface area (Å²) in [5.41, 5.74) is 1.09. The van der Waals surface area contributed by atoms with Crippen molar-refractivity contribution >= 4 is 32.0 Å². The van der Waals surface area contributed by atoms with Crippen molar-refractivity contribution in [2.24, 2.45) is 0 Å². The fourth-order valence-electron chi connectivity index (χ4n) is 0.574. The van der Waals surface area contributed by atoms with Crippen LogP contribution >= 0.6 is 12.2 Å². The van der Waals surface area contributed by atoms with Crippen LogP contribution in [-0.4, -0.2) is 19.8 Å². The van der Waals surface area contributed by atoms with E-state index in [9.17, 15) is 0 Å². The molecule has 0 fully saturated rings. The number of hydrogen-bond donors (Lipinski definition) is 0. The summed E-state index contributed by atoms with van der Waals surface area (Å²) in [7, 11) is 0. The van der Waals surface area contributed by atoms with Gasteiger partial charge in [0.15, 0.2) is 0 Å². The van der Waals surface area contributed by atoms with E-state index >= 15 is 0 Å². The molecule has 0 bridgehead atoms. The zero-order valence-corrected chi connectivity index (χ0v) is 7.23. The predicted octanol–water partition coefficient (Wildman–Crippen LogP) is 1.53. The Hall–Kier alpha value is -0.171. The van der Waals surface area contributed by atoms with Crippen molar-refractivity contribution in [1.82, 2.24) is 0 Å². The molecule has 0 amide bonds. The van der Waals surface area contributed by atoms with Crippen molar-refractivity contribution in [3.8, 4) is 0 Å². The van der Waals surface area contributed by atoms with Crippen LogP contribution in [-0.2, 0) is 0 Å². The Morgan fingerprint density at radius 3 is 2.11 bits per heavy atom. The maximum atomic E-state index is 4.91. The second kappa shape index (κ2) is 3.11. The molecule has 9 heavy (non-hydrogen) atoms. The van der Waals surface area contributed by atoms with Crippen molar-refractivity contribution in [2.75, 3.05) is 0 Å². The molecule has 0 aliphatic rings. The van der Waals surface area contributed by atoms with Gasteiger partial charge < -0.3 is 0 Å². The first-order valence-electron chi connectivity index (χ1n) is 2.57. The van der Waals surface area contributed by atoms with E-state index in [1.54, 1.807) is 0 Å². The molecular weight excluding hydrogens is 195 g/mol. The molecule has 0 nitrogen and oxygen atoms in total. The van der Waals surface area contributed by atoms with E-state index in [-0.39, 0.29) is 0 Å². The monoisotopic (exact) mass is 201 g/mol. The molecule has 0 aromatic heterocycles. The quantitative estimate of drug-likeness (QED) is 0.489. The van der Waals surface area contributed by atoms with Crippen molar-refractivity contribution in [3.05, 3.63) is 35.9 Å². The molecule has 0 saturated heterocycles. The fourth-order valence-corrected chi connectivity index (χ4v) is 0.996. The van der Waals surface area contributed by atoms with E-state index < -0.39 is 0 Å². The average molecular weight is 200 g/mol. The van der Waals surface area contributed by atoms with Gasteiger partial charge in [0.1, 0.15) is 0 Å². The number of benzene rings is 1. The normalized spacial score (nSPS) is 8.89. The van der Waals surface area contributed by atoms with Crippen molar-refractivity contribution in [3.63, 3.8) is 0 Å². The first kappa shape index (κ1) is 6.94. The summed E-state index contributed by atoms with van der Waals surface area (Å²) in [6, 6.07) is 9.89. The summed E-state index contributed by atoms with van der Waals surface area (Å²) in [6.45, 7) is 0. The third kappa shape index (κ3) is 1.90. The molecule has 45 valence electrons. The van der Waals surface area contributed by atoms with Crippen LogP contribution in [0.5, 0.6) is 0 Å². The average Bonchev–Trinajstić information content (AvgIpc) is 1.90. The van der Waals surface area contributed by atoms with Crippen molar-refractivity contribution in [2.45, 2.75) is 0 Å². The van der Waals surface area contributed by atoms with Gasteiger partial charge in [-0.05, 0) is 0 Å². The molecule has 0 spiro atoms. The molecule has 1 aromatic carbocycles. The van der Waals surface area contributed by atoms with Gasteiger partial charge in [0.05, 0.1) is 0 Å². The van der Waals surface area contributed by atoms with E-state index in [4.69, 9.17) is 12.2 Å². The molecule has 0 heterocycles. The van der Waals surface area contributed by atoms with Crippen molar-refractivity contribution < 1.29 is 0 Å². The van der Waals surface area contributed by atoms with Crippen molar-refractivity contribution in [1.29, 1.82) is 0 Å². The molecule has 0 unspecified atom stereocenters.